The van der Waals surface area contributed by atoms with Crippen molar-refractivity contribution >= 4 is 19.9 Å². The molecule has 0 atom stereocenters. The predicted octanol–water partition coefficient (Wildman–Crippen LogP) is 0.731. The number of aryl methyl sites for hydroxylation is 2. The fraction of sp³-hybridized carbons (Fsp3) is 0.538. The number of rotatable bonds is 3. The Balaban J connectivity index is 2.43. The summed E-state index contributed by atoms with van der Waals surface area (Å²) in [5.41, 5.74) is 1.78. The molecule has 0 bridgehead atoms. The Morgan fingerprint density at radius 2 is 1.62 bits per heavy atom. The summed E-state index contributed by atoms with van der Waals surface area (Å²) in [5, 5.41) is 0. The van der Waals surface area contributed by atoms with Crippen LogP contribution >= 0.6 is 0 Å². The third-order valence-corrected chi connectivity index (χ3v) is 7.23. The van der Waals surface area contributed by atoms with Gasteiger partial charge in [-0.15, -0.1) is 0 Å². The molecule has 0 aliphatic carbocycles. The second kappa shape index (κ2) is 5.58. The Morgan fingerprint density at radius 3 is 2.14 bits per heavy atom. The van der Waals surface area contributed by atoms with Crippen LogP contribution in [0.2, 0.25) is 0 Å². The van der Waals surface area contributed by atoms with E-state index in [-0.39, 0.29) is 35.2 Å². The fourth-order valence-electron chi connectivity index (χ4n) is 2.20. The Morgan fingerprint density at radius 1 is 1.10 bits per heavy atom. The van der Waals surface area contributed by atoms with Crippen molar-refractivity contribution in [3.63, 3.8) is 0 Å². The van der Waals surface area contributed by atoms with Gasteiger partial charge in [0.25, 0.3) is 0 Å². The minimum atomic E-state index is -3.75. The Bertz CT molecular complexity index is 739. The van der Waals surface area contributed by atoms with Gasteiger partial charge < -0.3 is 4.74 Å². The zero-order chi connectivity index (χ0) is 15.8. The SMILES string of the molecule is COc1cc(C)c(C)cc1S(=O)(=O)N1CCS(=O)(=O)CC1. The summed E-state index contributed by atoms with van der Waals surface area (Å²) in [5.74, 6) is 0.00483. The molecular weight excluding hydrogens is 314 g/mol. The van der Waals surface area contributed by atoms with Gasteiger partial charge in [-0.05, 0) is 37.1 Å². The van der Waals surface area contributed by atoms with Crippen LogP contribution in [0, 0.1) is 13.8 Å². The molecule has 0 spiro atoms. The second-order valence-corrected chi connectivity index (χ2v) is 9.35. The maximum atomic E-state index is 12.7. The van der Waals surface area contributed by atoms with Gasteiger partial charge in [-0.25, -0.2) is 16.8 Å². The van der Waals surface area contributed by atoms with E-state index in [4.69, 9.17) is 4.74 Å². The zero-order valence-electron chi connectivity index (χ0n) is 12.3. The summed E-state index contributed by atoms with van der Waals surface area (Å²) in [6, 6.07) is 3.26. The molecule has 1 heterocycles. The van der Waals surface area contributed by atoms with E-state index in [2.05, 4.69) is 0 Å². The molecule has 1 aromatic rings. The van der Waals surface area contributed by atoms with Gasteiger partial charge in [0.05, 0.1) is 18.6 Å². The normalized spacial score (nSPS) is 19.4. The molecule has 1 saturated heterocycles. The first-order chi connectivity index (χ1) is 9.67. The quantitative estimate of drug-likeness (QED) is 0.815. The van der Waals surface area contributed by atoms with Gasteiger partial charge in [0.1, 0.15) is 10.6 Å². The Kier molecular flexibility index (Phi) is 4.32. The fourth-order valence-corrected chi connectivity index (χ4v) is 5.30. The summed E-state index contributed by atoms with van der Waals surface area (Å²) in [6.45, 7) is 3.68. The number of methoxy groups -OCH3 is 1. The van der Waals surface area contributed by atoms with Crippen molar-refractivity contribution < 1.29 is 21.6 Å². The average Bonchev–Trinajstić information content (AvgIpc) is 2.40. The lowest BCUT2D eigenvalue weighted by molar-refractivity contribution is 0.393. The van der Waals surface area contributed by atoms with Gasteiger partial charge in [-0.3, -0.25) is 0 Å². The highest BCUT2D eigenvalue weighted by Gasteiger charge is 2.33. The predicted molar refractivity (Wildman–Crippen MR) is 79.9 cm³/mol. The van der Waals surface area contributed by atoms with Crippen molar-refractivity contribution in [2.45, 2.75) is 18.7 Å². The first kappa shape index (κ1) is 16.3. The van der Waals surface area contributed by atoms with Crippen LogP contribution < -0.4 is 4.74 Å². The van der Waals surface area contributed by atoms with Crippen LogP contribution in [0.5, 0.6) is 5.75 Å². The van der Waals surface area contributed by atoms with Crippen molar-refractivity contribution in [1.29, 1.82) is 0 Å². The molecule has 0 radical (unpaired) electrons. The van der Waals surface area contributed by atoms with E-state index in [0.29, 0.717) is 0 Å². The molecule has 0 N–H and O–H groups in total. The number of benzene rings is 1. The molecular formula is C13H19NO5S2. The minimum Gasteiger partial charge on any atom is -0.495 e. The number of hydrogen-bond donors (Lipinski definition) is 0. The van der Waals surface area contributed by atoms with E-state index in [1.807, 2.05) is 13.8 Å². The molecule has 118 valence electrons. The first-order valence-electron chi connectivity index (χ1n) is 6.53. The van der Waals surface area contributed by atoms with Crippen molar-refractivity contribution in [3.8, 4) is 5.75 Å². The van der Waals surface area contributed by atoms with Crippen LogP contribution in [-0.4, -0.2) is 52.8 Å². The first-order valence-corrected chi connectivity index (χ1v) is 9.79. The van der Waals surface area contributed by atoms with Gasteiger partial charge >= 0.3 is 0 Å². The summed E-state index contributed by atoms with van der Waals surface area (Å²) in [7, 11) is -5.46. The maximum Gasteiger partial charge on any atom is 0.246 e. The largest absolute Gasteiger partial charge is 0.495 e. The molecule has 1 fully saturated rings. The van der Waals surface area contributed by atoms with E-state index in [1.54, 1.807) is 12.1 Å². The van der Waals surface area contributed by atoms with E-state index < -0.39 is 19.9 Å². The summed E-state index contributed by atoms with van der Waals surface area (Å²) in [4.78, 5) is 0.0902. The molecule has 8 heteroatoms. The van der Waals surface area contributed by atoms with Gasteiger partial charge in [0.15, 0.2) is 9.84 Å². The average molecular weight is 333 g/mol. The number of nitrogens with zero attached hydrogens (tertiary/aromatic N) is 1. The van der Waals surface area contributed by atoms with Crippen LogP contribution in [-0.2, 0) is 19.9 Å². The molecule has 0 unspecified atom stereocenters. The Hall–Kier alpha value is -1.12. The standard InChI is InChI=1S/C13H19NO5S2/c1-10-8-12(19-3)13(9-11(10)2)21(17,18)14-4-6-20(15,16)7-5-14/h8-9H,4-7H2,1-3H3. The highest BCUT2D eigenvalue weighted by atomic mass is 32.2. The second-order valence-electron chi connectivity index (χ2n) is 5.14. The van der Waals surface area contributed by atoms with Crippen LogP contribution in [0.1, 0.15) is 11.1 Å². The molecule has 1 aliphatic heterocycles. The highest BCUT2D eigenvalue weighted by molar-refractivity contribution is 7.92. The van der Waals surface area contributed by atoms with E-state index in [1.165, 1.54) is 11.4 Å². The molecule has 6 nitrogen and oxygen atoms in total. The van der Waals surface area contributed by atoms with Crippen molar-refractivity contribution in [3.05, 3.63) is 23.3 Å². The smallest absolute Gasteiger partial charge is 0.246 e. The number of hydrogen-bond acceptors (Lipinski definition) is 5. The van der Waals surface area contributed by atoms with Crippen LogP contribution in [0.25, 0.3) is 0 Å². The number of sulfone groups is 1. The lowest BCUT2D eigenvalue weighted by Crippen LogP contribution is -2.43. The van der Waals surface area contributed by atoms with Crippen molar-refractivity contribution in [2.24, 2.45) is 0 Å². The van der Waals surface area contributed by atoms with Gasteiger partial charge in [0, 0.05) is 13.1 Å². The third kappa shape index (κ3) is 3.22. The molecule has 2 rings (SSSR count). The van der Waals surface area contributed by atoms with Crippen LogP contribution in [0.15, 0.2) is 17.0 Å². The third-order valence-electron chi connectivity index (χ3n) is 3.70. The maximum absolute atomic E-state index is 12.7. The lowest BCUT2D eigenvalue weighted by atomic mass is 10.1. The molecule has 0 saturated carbocycles. The van der Waals surface area contributed by atoms with Gasteiger partial charge in [0.2, 0.25) is 10.0 Å². The molecule has 0 amide bonds. The van der Waals surface area contributed by atoms with E-state index in [0.717, 1.165) is 11.1 Å². The summed E-state index contributed by atoms with van der Waals surface area (Å²) >= 11 is 0. The minimum absolute atomic E-state index is 0.0131. The Labute approximate surface area is 125 Å². The van der Waals surface area contributed by atoms with Crippen LogP contribution in [0.4, 0.5) is 0 Å². The molecule has 1 aliphatic rings. The molecule has 0 aromatic heterocycles. The zero-order valence-corrected chi connectivity index (χ0v) is 13.9. The van der Waals surface area contributed by atoms with E-state index >= 15 is 0 Å². The highest BCUT2D eigenvalue weighted by Crippen LogP contribution is 2.30. The van der Waals surface area contributed by atoms with Crippen molar-refractivity contribution in [1.82, 2.24) is 4.31 Å². The topological polar surface area (TPSA) is 80.8 Å². The van der Waals surface area contributed by atoms with E-state index in [9.17, 15) is 16.8 Å². The molecule has 21 heavy (non-hydrogen) atoms. The monoisotopic (exact) mass is 333 g/mol. The van der Waals surface area contributed by atoms with Crippen LogP contribution in [0.3, 0.4) is 0 Å². The van der Waals surface area contributed by atoms with Gasteiger partial charge in [-0.2, -0.15) is 4.31 Å². The lowest BCUT2D eigenvalue weighted by Gasteiger charge is -2.26. The van der Waals surface area contributed by atoms with Gasteiger partial charge in [-0.1, -0.05) is 0 Å². The summed E-state index contributed by atoms with van der Waals surface area (Å²) in [6.07, 6.45) is 0. The number of sulfonamides is 1. The summed E-state index contributed by atoms with van der Waals surface area (Å²) < 4.78 is 54.6. The number of ether oxygens (including phenoxy) is 1. The van der Waals surface area contributed by atoms with Crippen molar-refractivity contribution in [2.75, 3.05) is 31.7 Å². The molecule has 1 aromatic carbocycles.